The van der Waals surface area contributed by atoms with E-state index in [9.17, 15) is 4.79 Å². The minimum Gasteiger partial charge on any atom is -0.336 e. The molecule has 1 saturated carbocycles. The van der Waals surface area contributed by atoms with E-state index in [1.807, 2.05) is 18.7 Å². The van der Waals surface area contributed by atoms with Gasteiger partial charge in [0.1, 0.15) is 0 Å². The maximum Gasteiger partial charge on any atom is 0.229 e. The summed E-state index contributed by atoms with van der Waals surface area (Å²) in [6.45, 7) is 8.20. The summed E-state index contributed by atoms with van der Waals surface area (Å²) in [5.74, 6) is 0.529. The van der Waals surface area contributed by atoms with E-state index in [0.717, 1.165) is 12.8 Å². The summed E-state index contributed by atoms with van der Waals surface area (Å²) in [4.78, 5) is 14.3. The SMILES string of the molecule is C=CCN(C(=O)C(C)(C)CCl)C1CCCC1. The molecule has 0 spiro atoms. The maximum atomic E-state index is 12.4. The Morgan fingerprint density at radius 2 is 2.06 bits per heavy atom. The Morgan fingerprint density at radius 3 is 2.50 bits per heavy atom. The number of carbonyl (C=O) groups is 1. The van der Waals surface area contributed by atoms with Gasteiger partial charge >= 0.3 is 0 Å². The van der Waals surface area contributed by atoms with E-state index in [4.69, 9.17) is 11.6 Å². The van der Waals surface area contributed by atoms with Crippen LogP contribution in [0.25, 0.3) is 0 Å². The lowest BCUT2D eigenvalue weighted by molar-refractivity contribution is -0.140. The Morgan fingerprint density at radius 1 is 1.50 bits per heavy atom. The Kier molecular flexibility index (Phi) is 4.85. The van der Waals surface area contributed by atoms with Crippen molar-refractivity contribution >= 4 is 17.5 Å². The van der Waals surface area contributed by atoms with Crippen LogP contribution in [0.5, 0.6) is 0 Å². The predicted octanol–water partition coefficient (Wildman–Crippen LogP) is 3.21. The first kappa shape index (κ1) is 13.6. The lowest BCUT2D eigenvalue weighted by Crippen LogP contribution is -2.46. The van der Waals surface area contributed by atoms with Crippen molar-refractivity contribution in [1.82, 2.24) is 4.90 Å². The zero-order valence-electron chi connectivity index (χ0n) is 10.3. The van der Waals surface area contributed by atoms with Crippen LogP contribution in [-0.4, -0.2) is 29.3 Å². The molecule has 0 aromatic carbocycles. The second kappa shape index (κ2) is 5.72. The van der Waals surface area contributed by atoms with Crippen LogP contribution in [0.15, 0.2) is 12.7 Å². The van der Waals surface area contributed by atoms with Crippen LogP contribution >= 0.6 is 11.6 Å². The molecule has 0 bridgehead atoms. The molecule has 0 saturated heterocycles. The van der Waals surface area contributed by atoms with Crippen LogP contribution in [-0.2, 0) is 4.79 Å². The number of amides is 1. The first-order chi connectivity index (χ1) is 7.53. The number of alkyl halides is 1. The number of halogens is 1. The van der Waals surface area contributed by atoms with Gasteiger partial charge in [0.05, 0.1) is 5.41 Å². The Hall–Kier alpha value is -0.500. The van der Waals surface area contributed by atoms with Crippen molar-refractivity contribution in [2.24, 2.45) is 5.41 Å². The number of rotatable bonds is 5. The Balaban J connectivity index is 2.76. The van der Waals surface area contributed by atoms with E-state index in [-0.39, 0.29) is 5.91 Å². The molecule has 92 valence electrons. The van der Waals surface area contributed by atoms with Crippen molar-refractivity contribution < 1.29 is 4.79 Å². The van der Waals surface area contributed by atoms with Gasteiger partial charge in [-0.15, -0.1) is 18.2 Å². The molecule has 0 heterocycles. The van der Waals surface area contributed by atoms with Gasteiger partial charge in [0.15, 0.2) is 0 Å². The zero-order valence-corrected chi connectivity index (χ0v) is 11.1. The lowest BCUT2D eigenvalue weighted by Gasteiger charge is -2.34. The molecule has 0 N–H and O–H groups in total. The van der Waals surface area contributed by atoms with Gasteiger partial charge < -0.3 is 4.90 Å². The average molecular weight is 244 g/mol. The predicted molar refractivity (Wildman–Crippen MR) is 68.7 cm³/mol. The average Bonchev–Trinajstić information content (AvgIpc) is 2.78. The van der Waals surface area contributed by atoms with E-state index in [1.54, 1.807) is 6.08 Å². The van der Waals surface area contributed by atoms with E-state index in [2.05, 4.69) is 6.58 Å². The second-order valence-electron chi connectivity index (χ2n) is 5.20. The maximum absolute atomic E-state index is 12.4. The lowest BCUT2D eigenvalue weighted by atomic mass is 9.93. The topological polar surface area (TPSA) is 20.3 Å². The van der Waals surface area contributed by atoms with E-state index in [0.29, 0.717) is 18.5 Å². The highest BCUT2D eigenvalue weighted by atomic mass is 35.5. The number of hydrogen-bond acceptors (Lipinski definition) is 1. The van der Waals surface area contributed by atoms with Crippen molar-refractivity contribution in [3.63, 3.8) is 0 Å². The summed E-state index contributed by atoms with van der Waals surface area (Å²) in [5.41, 5.74) is -0.465. The highest BCUT2D eigenvalue weighted by molar-refractivity contribution is 6.19. The van der Waals surface area contributed by atoms with Crippen molar-refractivity contribution in [3.05, 3.63) is 12.7 Å². The molecule has 0 aliphatic heterocycles. The van der Waals surface area contributed by atoms with Crippen LogP contribution in [0.4, 0.5) is 0 Å². The monoisotopic (exact) mass is 243 g/mol. The fourth-order valence-electron chi connectivity index (χ4n) is 2.20. The fourth-order valence-corrected chi connectivity index (χ4v) is 2.31. The van der Waals surface area contributed by atoms with Gasteiger partial charge in [0.2, 0.25) is 5.91 Å². The van der Waals surface area contributed by atoms with Crippen molar-refractivity contribution in [2.45, 2.75) is 45.6 Å². The standard InChI is InChI=1S/C13H22ClNO/c1-4-9-15(11-7-5-6-8-11)12(16)13(2,3)10-14/h4,11H,1,5-10H2,2-3H3. The van der Waals surface area contributed by atoms with Crippen molar-refractivity contribution in [2.75, 3.05) is 12.4 Å². The van der Waals surface area contributed by atoms with E-state index in [1.165, 1.54) is 12.8 Å². The molecule has 3 heteroatoms. The molecule has 16 heavy (non-hydrogen) atoms. The number of hydrogen-bond donors (Lipinski definition) is 0. The third-order valence-corrected chi connectivity index (χ3v) is 3.93. The van der Waals surface area contributed by atoms with Gasteiger partial charge in [-0.3, -0.25) is 4.79 Å². The molecule has 1 rings (SSSR count). The molecule has 0 aromatic rings. The van der Waals surface area contributed by atoms with Crippen LogP contribution in [0.2, 0.25) is 0 Å². The highest BCUT2D eigenvalue weighted by Crippen LogP contribution is 2.28. The van der Waals surface area contributed by atoms with Crippen molar-refractivity contribution in [1.29, 1.82) is 0 Å². The molecule has 1 fully saturated rings. The molecule has 1 aliphatic rings. The van der Waals surface area contributed by atoms with E-state index < -0.39 is 5.41 Å². The normalized spacial score (nSPS) is 17.4. The molecule has 0 atom stereocenters. The van der Waals surface area contributed by atoms with Crippen LogP contribution in [0.3, 0.4) is 0 Å². The summed E-state index contributed by atoms with van der Waals surface area (Å²) in [5, 5.41) is 0. The highest BCUT2D eigenvalue weighted by Gasteiger charge is 2.35. The Bertz CT molecular complexity index is 257. The molecular formula is C13H22ClNO. The third kappa shape index (κ3) is 3.00. The fraction of sp³-hybridized carbons (Fsp3) is 0.769. The Labute approximate surface area is 104 Å². The largest absolute Gasteiger partial charge is 0.336 e. The molecule has 1 aliphatic carbocycles. The van der Waals surface area contributed by atoms with Crippen molar-refractivity contribution in [3.8, 4) is 0 Å². The summed E-state index contributed by atoms with van der Waals surface area (Å²) in [6, 6.07) is 0.396. The van der Waals surface area contributed by atoms with Gasteiger partial charge in [0, 0.05) is 18.5 Å². The summed E-state index contributed by atoms with van der Waals surface area (Å²) < 4.78 is 0. The van der Waals surface area contributed by atoms with Gasteiger partial charge in [0.25, 0.3) is 0 Å². The molecule has 2 nitrogen and oxygen atoms in total. The minimum absolute atomic E-state index is 0.161. The first-order valence-corrected chi connectivity index (χ1v) is 6.54. The third-order valence-electron chi connectivity index (χ3n) is 3.27. The van der Waals surface area contributed by atoms with Gasteiger partial charge in [-0.2, -0.15) is 0 Å². The molecule has 0 aromatic heterocycles. The van der Waals surface area contributed by atoms with Crippen LogP contribution in [0.1, 0.15) is 39.5 Å². The number of carbonyl (C=O) groups excluding carboxylic acids is 1. The minimum atomic E-state index is -0.465. The molecular weight excluding hydrogens is 222 g/mol. The van der Waals surface area contributed by atoms with Gasteiger partial charge in [-0.05, 0) is 26.7 Å². The zero-order chi connectivity index (χ0) is 12.2. The summed E-state index contributed by atoms with van der Waals surface area (Å²) in [6.07, 6.45) is 6.51. The van der Waals surface area contributed by atoms with E-state index >= 15 is 0 Å². The number of nitrogens with zero attached hydrogens (tertiary/aromatic N) is 1. The van der Waals surface area contributed by atoms with Gasteiger partial charge in [-0.25, -0.2) is 0 Å². The second-order valence-corrected chi connectivity index (χ2v) is 5.47. The molecule has 1 amide bonds. The summed E-state index contributed by atoms with van der Waals surface area (Å²) in [7, 11) is 0. The van der Waals surface area contributed by atoms with Crippen LogP contribution in [0, 0.1) is 5.41 Å². The quantitative estimate of drug-likeness (QED) is 0.536. The van der Waals surface area contributed by atoms with Crippen LogP contribution < -0.4 is 0 Å². The molecule has 0 unspecified atom stereocenters. The molecule has 0 radical (unpaired) electrons. The first-order valence-electron chi connectivity index (χ1n) is 6.01. The van der Waals surface area contributed by atoms with Gasteiger partial charge in [-0.1, -0.05) is 18.9 Å². The smallest absolute Gasteiger partial charge is 0.229 e. The summed E-state index contributed by atoms with van der Waals surface area (Å²) >= 11 is 5.87.